The maximum Gasteiger partial charge on any atom is 0.460 e. The number of hydrogen-bond donors (Lipinski definition) is 0. The van der Waals surface area contributed by atoms with Crippen LogP contribution >= 0.6 is 0 Å². The van der Waals surface area contributed by atoms with Crippen LogP contribution in [-0.4, -0.2) is 60.6 Å². The minimum atomic E-state index is -8.53. The number of esters is 1. The van der Waals surface area contributed by atoms with Gasteiger partial charge in [-0.3, -0.25) is 0 Å². The smallest absolute Gasteiger partial charge is 0.460 e. The fraction of sp³-hybridized carbons (Fsp3) is 0.526. The number of carbonyl (C=O) groups is 1. The predicted molar refractivity (Wildman–Crippen MR) is 92.6 cm³/mol. The Morgan fingerprint density at radius 3 is 1.58 bits per heavy atom. The standard InChI is InChI=1S/C19H12F16O3/c1-2-11(36)37-8-7-9-3-5-10(6-4-9)38-12(20)13(21,22)14(23,24)15(25,26)16(27,28)17(29,30)18(31,32)19(33,34)35/h2-6,12H,1,7-8H2. The van der Waals surface area contributed by atoms with Gasteiger partial charge >= 0.3 is 54.0 Å². The molecule has 0 heterocycles. The van der Waals surface area contributed by atoms with Gasteiger partial charge in [-0.2, -0.15) is 70.2 Å². The van der Waals surface area contributed by atoms with Crippen LogP contribution in [0.5, 0.6) is 5.75 Å². The lowest BCUT2D eigenvalue weighted by Crippen LogP contribution is -2.73. The fourth-order valence-electron chi connectivity index (χ4n) is 2.38. The molecule has 38 heavy (non-hydrogen) atoms. The molecule has 0 radical (unpaired) electrons. The van der Waals surface area contributed by atoms with E-state index in [1.54, 1.807) is 0 Å². The van der Waals surface area contributed by atoms with Crippen LogP contribution in [0.15, 0.2) is 36.9 Å². The van der Waals surface area contributed by atoms with Gasteiger partial charge in [0.1, 0.15) is 5.75 Å². The summed E-state index contributed by atoms with van der Waals surface area (Å²) in [6, 6.07) is 2.83. The van der Waals surface area contributed by atoms with Crippen LogP contribution in [0.2, 0.25) is 0 Å². The molecule has 0 saturated heterocycles. The van der Waals surface area contributed by atoms with Gasteiger partial charge in [0.15, 0.2) is 0 Å². The summed E-state index contributed by atoms with van der Waals surface area (Å²) in [7, 11) is 0. The van der Waals surface area contributed by atoms with Crippen molar-refractivity contribution in [3.63, 3.8) is 0 Å². The topological polar surface area (TPSA) is 35.5 Å². The highest BCUT2D eigenvalue weighted by Gasteiger charge is 2.94. The minimum absolute atomic E-state index is 0.0920. The average molecular weight is 592 g/mol. The number of hydrogen-bond acceptors (Lipinski definition) is 3. The summed E-state index contributed by atoms with van der Waals surface area (Å²) in [5.74, 6) is -50.8. The van der Waals surface area contributed by atoms with E-state index in [0.717, 1.165) is 18.2 Å². The van der Waals surface area contributed by atoms with Crippen molar-refractivity contribution in [2.24, 2.45) is 0 Å². The molecule has 1 rings (SSSR count). The van der Waals surface area contributed by atoms with Crippen molar-refractivity contribution in [3.05, 3.63) is 42.5 Å². The zero-order chi connectivity index (χ0) is 30.2. The van der Waals surface area contributed by atoms with Crippen molar-refractivity contribution in [2.45, 2.75) is 54.5 Å². The SMILES string of the molecule is C=CC(=O)OCCc1ccc(OC(F)C(F)(F)C(F)(F)C(F)(F)C(F)(F)C(F)(F)C(F)(F)C(F)(F)F)cc1. The zero-order valence-electron chi connectivity index (χ0n) is 17.9. The van der Waals surface area contributed by atoms with Gasteiger partial charge < -0.3 is 9.47 Å². The number of benzene rings is 1. The maximum atomic E-state index is 13.8. The average Bonchev–Trinajstić information content (AvgIpc) is 2.78. The first-order valence-corrected chi connectivity index (χ1v) is 9.35. The van der Waals surface area contributed by atoms with E-state index in [-0.39, 0.29) is 18.6 Å². The van der Waals surface area contributed by atoms with Gasteiger partial charge in [0, 0.05) is 12.5 Å². The Hall–Kier alpha value is -2.89. The number of rotatable bonds is 12. The fourth-order valence-corrected chi connectivity index (χ4v) is 2.38. The normalized spacial score (nSPS) is 15.2. The molecule has 0 saturated carbocycles. The second-order valence-electron chi connectivity index (χ2n) is 7.19. The lowest BCUT2D eigenvalue weighted by Gasteiger charge is -2.41. The quantitative estimate of drug-likeness (QED) is 0.149. The molecule has 0 amide bonds. The predicted octanol–water partition coefficient (Wildman–Crippen LogP) is 7.01. The van der Waals surface area contributed by atoms with Gasteiger partial charge in [-0.15, -0.1) is 0 Å². The van der Waals surface area contributed by atoms with Crippen molar-refractivity contribution in [1.82, 2.24) is 0 Å². The highest BCUT2D eigenvalue weighted by atomic mass is 19.4. The molecule has 0 aliphatic rings. The van der Waals surface area contributed by atoms with Gasteiger partial charge in [-0.1, -0.05) is 18.7 Å². The molecule has 0 aromatic heterocycles. The van der Waals surface area contributed by atoms with E-state index in [2.05, 4.69) is 16.1 Å². The van der Waals surface area contributed by atoms with Crippen molar-refractivity contribution >= 4 is 5.97 Å². The lowest BCUT2D eigenvalue weighted by molar-refractivity contribution is -0.457. The van der Waals surface area contributed by atoms with Crippen LogP contribution in [0.4, 0.5) is 70.2 Å². The third-order valence-corrected chi connectivity index (χ3v) is 4.60. The first-order chi connectivity index (χ1) is 16.8. The Bertz CT molecular complexity index is 985. The summed E-state index contributed by atoms with van der Waals surface area (Å²) in [6.45, 7) is 2.79. The molecule has 0 fully saturated rings. The van der Waals surface area contributed by atoms with Crippen molar-refractivity contribution in [1.29, 1.82) is 0 Å². The third-order valence-electron chi connectivity index (χ3n) is 4.60. The monoisotopic (exact) mass is 592 g/mol. The molecule has 3 nitrogen and oxygen atoms in total. The number of carbonyl (C=O) groups excluding carboxylic acids is 1. The van der Waals surface area contributed by atoms with E-state index in [1.165, 1.54) is 0 Å². The number of halogens is 16. The molecule has 1 aromatic rings. The molecule has 0 aliphatic heterocycles. The lowest BCUT2D eigenvalue weighted by atomic mass is 9.91. The van der Waals surface area contributed by atoms with Crippen molar-refractivity contribution in [2.75, 3.05) is 6.61 Å². The van der Waals surface area contributed by atoms with Gasteiger partial charge in [-0.05, 0) is 17.7 Å². The molecular formula is C19H12F16O3. The third kappa shape index (κ3) is 5.45. The Morgan fingerprint density at radius 2 is 1.16 bits per heavy atom. The first-order valence-electron chi connectivity index (χ1n) is 9.35. The van der Waals surface area contributed by atoms with E-state index in [4.69, 9.17) is 0 Å². The summed E-state index contributed by atoms with van der Waals surface area (Å²) in [6.07, 6.45) is -12.1. The van der Waals surface area contributed by atoms with Gasteiger partial charge in [0.05, 0.1) is 6.61 Å². The second-order valence-corrected chi connectivity index (χ2v) is 7.19. The minimum Gasteiger partial charge on any atom is -0.462 e. The molecular weight excluding hydrogens is 580 g/mol. The van der Waals surface area contributed by atoms with Crippen molar-refractivity contribution in [3.8, 4) is 5.75 Å². The Balaban J connectivity index is 3.23. The van der Waals surface area contributed by atoms with Crippen molar-refractivity contribution < 1.29 is 84.5 Å². The molecule has 0 spiro atoms. The van der Waals surface area contributed by atoms with Crippen LogP contribution in [0.1, 0.15) is 5.56 Å². The molecule has 1 atom stereocenters. The van der Waals surface area contributed by atoms with Crippen LogP contribution in [0.25, 0.3) is 0 Å². The van der Waals surface area contributed by atoms with Crippen LogP contribution in [0.3, 0.4) is 0 Å². The highest BCUT2D eigenvalue weighted by molar-refractivity contribution is 5.81. The zero-order valence-corrected chi connectivity index (χ0v) is 17.9. The summed E-state index contributed by atoms with van der Waals surface area (Å²) < 4.78 is 219. The van der Waals surface area contributed by atoms with Gasteiger partial charge in [0.25, 0.3) is 0 Å². The molecule has 0 aliphatic carbocycles. The van der Waals surface area contributed by atoms with Crippen LogP contribution in [-0.2, 0) is 16.0 Å². The van der Waals surface area contributed by atoms with E-state index in [1.807, 2.05) is 0 Å². The Labute approximate surface area is 201 Å². The highest BCUT2D eigenvalue weighted by Crippen LogP contribution is 2.62. The van der Waals surface area contributed by atoms with E-state index >= 15 is 0 Å². The number of ether oxygens (including phenoxy) is 2. The van der Waals surface area contributed by atoms with Crippen LogP contribution in [0, 0.1) is 0 Å². The van der Waals surface area contributed by atoms with Gasteiger partial charge in [-0.25, -0.2) is 4.79 Å². The van der Waals surface area contributed by atoms with E-state index < -0.39 is 59.8 Å². The molecule has 0 N–H and O–H groups in total. The van der Waals surface area contributed by atoms with E-state index in [9.17, 15) is 75.0 Å². The van der Waals surface area contributed by atoms with Crippen LogP contribution < -0.4 is 4.74 Å². The summed E-state index contributed by atoms with van der Waals surface area (Å²) in [5, 5.41) is 0. The van der Waals surface area contributed by atoms with E-state index in [0.29, 0.717) is 12.1 Å². The first kappa shape index (κ1) is 33.1. The Morgan fingerprint density at radius 1 is 0.737 bits per heavy atom. The second kappa shape index (κ2) is 10.3. The molecule has 1 aromatic carbocycles. The summed E-state index contributed by atoms with van der Waals surface area (Å²) in [5.41, 5.74) is 0.181. The summed E-state index contributed by atoms with van der Waals surface area (Å²) in [4.78, 5) is 10.9. The maximum absolute atomic E-state index is 13.8. The molecule has 218 valence electrons. The Kier molecular flexibility index (Phi) is 9.03. The molecule has 19 heteroatoms. The number of alkyl halides is 16. The molecule has 1 unspecified atom stereocenters. The summed E-state index contributed by atoms with van der Waals surface area (Å²) >= 11 is 0. The molecule has 0 bridgehead atoms. The largest absolute Gasteiger partial charge is 0.462 e. The van der Waals surface area contributed by atoms with Gasteiger partial charge in [0.2, 0.25) is 0 Å².